The number of aliphatic imine (C=N–C) groups is 1. The molecule has 1 aliphatic carbocycles. The van der Waals surface area contributed by atoms with Crippen LogP contribution in [0.3, 0.4) is 0 Å². The van der Waals surface area contributed by atoms with Gasteiger partial charge in [0.2, 0.25) is 0 Å². The van der Waals surface area contributed by atoms with Crippen molar-refractivity contribution < 1.29 is 9.21 Å². The van der Waals surface area contributed by atoms with E-state index in [9.17, 15) is 4.79 Å². The molecule has 0 N–H and O–H groups in total. The van der Waals surface area contributed by atoms with Gasteiger partial charge in [0.15, 0.2) is 11.0 Å². The van der Waals surface area contributed by atoms with Crippen molar-refractivity contribution in [1.29, 1.82) is 0 Å². The van der Waals surface area contributed by atoms with E-state index in [0.717, 1.165) is 42.3 Å². The van der Waals surface area contributed by atoms with Gasteiger partial charge in [0, 0.05) is 17.8 Å². The first kappa shape index (κ1) is 18.0. The van der Waals surface area contributed by atoms with Crippen LogP contribution >= 0.6 is 11.8 Å². The van der Waals surface area contributed by atoms with Crippen LogP contribution in [0.2, 0.25) is 0 Å². The molecular weight excluding hydrogens is 358 g/mol. The van der Waals surface area contributed by atoms with E-state index in [1.807, 2.05) is 55.2 Å². The van der Waals surface area contributed by atoms with Crippen molar-refractivity contribution in [3.05, 3.63) is 52.5 Å². The summed E-state index contributed by atoms with van der Waals surface area (Å²) < 4.78 is 5.63. The van der Waals surface area contributed by atoms with Crippen LogP contribution in [0.25, 0.3) is 6.08 Å². The summed E-state index contributed by atoms with van der Waals surface area (Å²) >= 11 is 1.41. The molecule has 2 aromatic heterocycles. The molecule has 0 aromatic carbocycles. The molecule has 3 heterocycles. The number of carbonyl (C=O) groups is 1. The predicted octanol–water partition coefficient (Wildman–Crippen LogP) is 5.23. The number of aromatic nitrogens is 1. The first-order valence-electron chi connectivity index (χ1n) is 9.42. The van der Waals surface area contributed by atoms with Crippen molar-refractivity contribution >= 4 is 34.7 Å². The fourth-order valence-corrected chi connectivity index (χ4v) is 4.60. The van der Waals surface area contributed by atoms with E-state index in [2.05, 4.69) is 4.98 Å². The number of rotatable bonds is 3. The zero-order valence-electron chi connectivity index (χ0n) is 15.6. The molecule has 4 rings (SSSR count). The maximum Gasteiger partial charge on any atom is 0.267 e. The van der Waals surface area contributed by atoms with Crippen molar-refractivity contribution in [2.24, 2.45) is 4.99 Å². The highest BCUT2D eigenvalue weighted by Gasteiger charge is 2.38. The van der Waals surface area contributed by atoms with Crippen LogP contribution in [0.1, 0.15) is 49.3 Å². The van der Waals surface area contributed by atoms with E-state index in [1.54, 1.807) is 0 Å². The number of amides is 1. The van der Waals surface area contributed by atoms with Crippen molar-refractivity contribution in [1.82, 2.24) is 9.88 Å². The lowest BCUT2D eigenvalue weighted by Crippen LogP contribution is -2.40. The molecule has 2 fully saturated rings. The Balaban J connectivity index is 1.70. The number of hydrogen-bond acceptors (Lipinski definition) is 5. The van der Waals surface area contributed by atoms with Crippen molar-refractivity contribution in [2.75, 3.05) is 0 Å². The minimum atomic E-state index is 0.0207. The lowest BCUT2D eigenvalue weighted by molar-refractivity contribution is -0.124. The van der Waals surface area contributed by atoms with Gasteiger partial charge in [0.05, 0.1) is 4.91 Å². The Kier molecular flexibility index (Phi) is 5.16. The van der Waals surface area contributed by atoms with Gasteiger partial charge < -0.3 is 4.42 Å². The summed E-state index contributed by atoms with van der Waals surface area (Å²) in [7, 11) is 0. The SMILES string of the molecule is Cc1cccc(/N=C2/S/C(=C/c3ccc(C)o3)C(=O)N2C2CCCCC2)n1. The highest BCUT2D eigenvalue weighted by Crippen LogP contribution is 2.38. The lowest BCUT2D eigenvalue weighted by Gasteiger charge is -2.30. The maximum atomic E-state index is 13.2. The summed E-state index contributed by atoms with van der Waals surface area (Å²) in [6, 6.07) is 9.77. The second-order valence-corrected chi connectivity index (χ2v) is 8.07. The minimum Gasteiger partial charge on any atom is -0.462 e. The number of thioether (sulfide) groups is 1. The Morgan fingerprint density at radius 3 is 2.70 bits per heavy atom. The Morgan fingerprint density at radius 1 is 1.19 bits per heavy atom. The molecule has 0 unspecified atom stereocenters. The van der Waals surface area contributed by atoms with E-state index in [4.69, 9.17) is 9.41 Å². The highest BCUT2D eigenvalue weighted by atomic mass is 32.2. The van der Waals surface area contributed by atoms with Gasteiger partial charge in [-0.3, -0.25) is 9.69 Å². The van der Waals surface area contributed by atoms with Gasteiger partial charge in [-0.2, -0.15) is 0 Å². The summed E-state index contributed by atoms with van der Waals surface area (Å²) in [5.41, 5.74) is 0.914. The van der Waals surface area contributed by atoms with Gasteiger partial charge in [0.1, 0.15) is 11.5 Å². The summed E-state index contributed by atoms with van der Waals surface area (Å²) in [6.07, 6.45) is 7.43. The molecule has 2 aliphatic rings. The van der Waals surface area contributed by atoms with Gasteiger partial charge in [0.25, 0.3) is 5.91 Å². The quantitative estimate of drug-likeness (QED) is 0.683. The third kappa shape index (κ3) is 4.00. The summed E-state index contributed by atoms with van der Waals surface area (Å²) in [4.78, 5) is 24.9. The highest BCUT2D eigenvalue weighted by molar-refractivity contribution is 8.18. The van der Waals surface area contributed by atoms with Gasteiger partial charge in [-0.05, 0) is 62.7 Å². The van der Waals surface area contributed by atoms with Gasteiger partial charge in [-0.25, -0.2) is 9.98 Å². The van der Waals surface area contributed by atoms with Crippen LogP contribution in [0.5, 0.6) is 0 Å². The standard InChI is InChI=1S/C21H23N3O2S/c1-14-7-6-10-19(22-14)23-21-24(16-8-4-3-5-9-16)20(25)18(27-21)13-17-12-11-15(2)26-17/h6-7,10-13,16H,3-5,8-9H2,1-2H3/b18-13+,23-21+. The zero-order chi connectivity index (χ0) is 18.8. The monoisotopic (exact) mass is 381 g/mol. The van der Waals surface area contributed by atoms with E-state index in [-0.39, 0.29) is 11.9 Å². The molecule has 0 atom stereocenters. The van der Waals surface area contributed by atoms with E-state index in [0.29, 0.717) is 16.5 Å². The molecule has 1 aliphatic heterocycles. The number of carbonyl (C=O) groups excluding carboxylic acids is 1. The number of furan rings is 1. The molecular formula is C21H23N3O2S. The number of aryl methyl sites for hydroxylation is 2. The smallest absolute Gasteiger partial charge is 0.267 e. The second kappa shape index (κ2) is 7.72. The topological polar surface area (TPSA) is 58.7 Å². The number of hydrogen-bond donors (Lipinski definition) is 0. The molecule has 6 heteroatoms. The Hall–Kier alpha value is -2.34. The molecule has 27 heavy (non-hydrogen) atoms. The van der Waals surface area contributed by atoms with Crippen LogP contribution in [-0.4, -0.2) is 27.0 Å². The van der Waals surface area contributed by atoms with Crippen LogP contribution in [-0.2, 0) is 4.79 Å². The zero-order valence-corrected chi connectivity index (χ0v) is 16.5. The van der Waals surface area contributed by atoms with Crippen LogP contribution in [0, 0.1) is 13.8 Å². The van der Waals surface area contributed by atoms with E-state index >= 15 is 0 Å². The second-order valence-electron chi connectivity index (χ2n) is 7.06. The summed E-state index contributed by atoms with van der Waals surface area (Å²) in [6.45, 7) is 3.84. The minimum absolute atomic E-state index is 0.0207. The molecule has 5 nitrogen and oxygen atoms in total. The number of nitrogens with zero attached hydrogens (tertiary/aromatic N) is 3. The average Bonchev–Trinajstić information content (AvgIpc) is 3.19. The third-order valence-electron chi connectivity index (χ3n) is 4.90. The van der Waals surface area contributed by atoms with Crippen molar-refractivity contribution in [2.45, 2.75) is 52.0 Å². The van der Waals surface area contributed by atoms with Gasteiger partial charge >= 0.3 is 0 Å². The fraction of sp³-hybridized carbons (Fsp3) is 0.381. The molecule has 0 bridgehead atoms. The normalized spacial score (nSPS) is 21.6. The Morgan fingerprint density at radius 2 is 2.00 bits per heavy atom. The molecule has 0 spiro atoms. The van der Waals surface area contributed by atoms with Gasteiger partial charge in [-0.15, -0.1) is 0 Å². The average molecular weight is 382 g/mol. The number of pyridine rings is 1. The maximum absolute atomic E-state index is 13.2. The van der Waals surface area contributed by atoms with Crippen LogP contribution < -0.4 is 0 Å². The van der Waals surface area contributed by atoms with E-state index in [1.165, 1.54) is 18.2 Å². The van der Waals surface area contributed by atoms with Crippen molar-refractivity contribution in [3.8, 4) is 0 Å². The molecule has 1 amide bonds. The van der Waals surface area contributed by atoms with Gasteiger partial charge in [-0.1, -0.05) is 25.3 Å². The third-order valence-corrected chi connectivity index (χ3v) is 5.88. The lowest BCUT2D eigenvalue weighted by atomic mass is 9.94. The van der Waals surface area contributed by atoms with Crippen LogP contribution in [0.15, 0.2) is 44.6 Å². The summed E-state index contributed by atoms with van der Waals surface area (Å²) in [5, 5.41) is 0.722. The first-order chi connectivity index (χ1) is 13.1. The van der Waals surface area contributed by atoms with Crippen molar-refractivity contribution in [3.63, 3.8) is 0 Å². The Bertz CT molecular complexity index is 910. The Labute approximate surface area is 163 Å². The first-order valence-corrected chi connectivity index (χ1v) is 10.2. The fourth-order valence-electron chi connectivity index (χ4n) is 3.58. The molecule has 140 valence electrons. The largest absolute Gasteiger partial charge is 0.462 e. The van der Waals surface area contributed by atoms with Crippen LogP contribution in [0.4, 0.5) is 5.82 Å². The molecule has 2 aromatic rings. The number of amidine groups is 1. The molecule has 1 saturated carbocycles. The molecule has 1 saturated heterocycles. The molecule has 0 radical (unpaired) electrons. The predicted molar refractivity (Wildman–Crippen MR) is 109 cm³/mol. The van der Waals surface area contributed by atoms with E-state index < -0.39 is 0 Å². The summed E-state index contributed by atoms with van der Waals surface area (Å²) in [5.74, 6) is 2.19.